The number of aliphatic hydroxyl groups excluding tert-OH is 1. The number of nitrogens with one attached hydrogen (secondary N) is 1. The van der Waals surface area contributed by atoms with E-state index < -0.39 is 33.2 Å². The van der Waals surface area contributed by atoms with Crippen molar-refractivity contribution < 1.29 is 36.3 Å². The Bertz CT molecular complexity index is 1480. The minimum atomic E-state index is -4.54. The van der Waals surface area contributed by atoms with Gasteiger partial charge in [-0.05, 0) is 61.2 Å². The molecule has 2 heterocycles. The highest BCUT2D eigenvalue weighted by Gasteiger charge is 2.47. The number of rotatable bonds is 7. The van der Waals surface area contributed by atoms with E-state index in [1.807, 2.05) is 0 Å². The first kappa shape index (κ1) is 29.4. The maximum absolute atomic E-state index is 13.1. The molecule has 40 heavy (non-hydrogen) atoms. The summed E-state index contributed by atoms with van der Waals surface area (Å²) in [5.41, 5.74) is -0.284. The third kappa shape index (κ3) is 6.11. The highest BCUT2D eigenvalue weighted by Crippen LogP contribution is 2.34. The van der Waals surface area contributed by atoms with E-state index in [1.54, 1.807) is 32.2 Å². The van der Waals surface area contributed by atoms with Gasteiger partial charge in [-0.3, -0.25) is 14.6 Å². The molecule has 1 spiro atoms. The number of sulfonamides is 1. The lowest BCUT2D eigenvalue weighted by molar-refractivity contribution is -0.137. The fourth-order valence-electron chi connectivity index (χ4n) is 4.66. The van der Waals surface area contributed by atoms with Crippen LogP contribution >= 0.6 is 0 Å². The van der Waals surface area contributed by atoms with Crippen molar-refractivity contribution in [3.8, 4) is 0 Å². The van der Waals surface area contributed by atoms with Crippen molar-refractivity contribution in [3.05, 3.63) is 75.7 Å². The van der Waals surface area contributed by atoms with E-state index in [2.05, 4.69) is 10.3 Å². The standard InChI is InChI=1S/C27H29F3N4O5S/c1-18-16-21(24(36)33(2)13-14-35)7-6-19(18)8-15-40(38,39)34-11-9-26(10-12-34)25(37)31-23(32-26)20-4-3-5-22(17-20)27(28,29)30/h3-8,15-17,35H,9-14H2,1-2H3,(H,31,32,37). The molecular formula is C27H29F3N4O5S. The Labute approximate surface area is 230 Å². The zero-order chi connectivity index (χ0) is 29.3. The maximum atomic E-state index is 13.1. The molecule has 1 fully saturated rings. The first-order valence-electron chi connectivity index (χ1n) is 12.5. The van der Waals surface area contributed by atoms with Crippen molar-refractivity contribution in [2.75, 3.05) is 33.3 Å². The molecule has 13 heteroatoms. The van der Waals surface area contributed by atoms with Crippen LogP contribution < -0.4 is 5.32 Å². The molecule has 2 N–H and O–H groups in total. The van der Waals surface area contributed by atoms with Crippen LogP contribution in [0.5, 0.6) is 0 Å². The number of aryl methyl sites for hydroxylation is 1. The Kier molecular flexibility index (Phi) is 8.20. The monoisotopic (exact) mass is 578 g/mol. The average molecular weight is 579 g/mol. The van der Waals surface area contributed by atoms with Crippen molar-refractivity contribution in [1.29, 1.82) is 0 Å². The molecule has 0 aliphatic carbocycles. The number of hydrogen-bond donors (Lipinski definition) is 2. The van der Waals surface area contributed by atoms with Crippen LogP contribution in [0.1, 0.15) is 45.5 Å². The number of halogens is 3. The number of piperidine rings is 1. The molecule has 0 saturated carbocycles. The first-order chi connectivity index (χ1) is 18.8. The molecule has 0 radical (unpaired) electrons. The van der Waals surface area contributed by atoms with Crippen LogP contribution in [0.15, 0.2) is 52.9 Å². The number of benzene rings is 2. The van der Waals surface area contributed by atoms with Crippen LogP contribution in [0.3, 0.4) is 0 Å². The van der Waals surface area contributed by atoms with Gasteiger partial charge in [0.25, 0.3) is 11.8 Å². The van der Waals surface area contributed by atoms with E-state index in [1.165, 1.54) is 27.4 Å². The Balaban J connectivity index is 1.45. The predicted molar refractivity (Wildman–Crippen MR) is 143 cm³/mol. The summed E-state index contributed by atoms with van der Waals surface area (Å²) in [7, 11) is -2.28. The molecule has 2 aromatic rings. The molecule has 2 aliphatic rings. The van der Waals surface area contributed by atoms with Crippen LogP contribution in [0.4, 0.5) is 13.2 Å². The molecule has 2 aromatic carbocycles. The van der Waals surface area contributed by atoms with Crippen molar-refractivity contribution in [2.45, 2.75) is 31.5 Å². The van der Waals surface area contributed by atoms with Gasteiger partial charge in [0.05, 0.1) is 12.2 Å². The van der Waals surface area contributed by atoms with Crippen molar-refractivity contribution in [3.63, 3.8) is 0 Å². The van der Waals surface area contributed by atoms with Crippen LogP contribution in [-0.4, -0.2) is 79.2 Å². The SMILES string of the molecule is Cc1cc(C(=O)N(C)CCO)ccc1C=CS(=O)(=O)N1CCC2(CC1)N=C(c1cccc(C(F)(F)F)c1)NC2=O. The molecule has 0 unspecified atom stereocenters. The number of hydrogen-bond acceptors (Lipinski definition) is 6. The summed E-state index contributed by atoms with van der Waals surface area (Å²) in [6.45, 7) is 1.78. The van der Waals surface area contributed by atoms with Gasteiger partial charge in [0.15, 0.2) is 0 Å². The number of aliphatic imine (C=N–C) groups is 1. The summed E-state index contributed by atoms with van der Waals surface area (Å²) >= 11 is 0. The van der Waals surface area contributed by atoms with E-state index in [4.69, 9.17) is 5.11 Å². The molecule has 0 aromatic heterocycles. The second kappa shape index (κ2) is 11.1. The Morgan fingerprint density at radius 1 is 1.20 bits per heavy atom. The van der Waals surface area contributed by atoms with E-state index in [9.17, 15) is 31.2 Å². The number of alkyl halides is 3. The molecule has 214 valence electrons. The maximum Gasteiger partial charge on any atom is 0.416 e. The van der Waals surface area contributed by atoms with Crippen molar-refractivity contribution in [2.24, 2.45) is 4.99 Å². The minimum absolute atomic E-state index is 0.00305. The average Bonchev–Trinajstić information content (AvgIpc) is 3.22. The quantitative estimate of drug-likeness (QED) is 0.524. The summed E-state index contributed by atoms with van der Waals surface area (Å²) in [6, 6.07) is 9.38. The van der Waals surface area contributed by atoms with Gasteiger partial charge in [-0.25, -0.2) is 8.42 Å². The fraction of sp³-hybridized carbons (Fsp3) is 0.370. The van der Waals surface area contributed by atoms with Crippen LogP contribution in [-0.2, 0) is 21.0 Å². The first-order valence-corrected chi connectivity index (χ1v) is 14.0. The minimum Gasteiger partial charge on any atom is -0.395 e. The molecule has 2 aliphatic heterocycles. The van der Waals surface area contributed by atoms with Gasteiger partial charge in [-0.2, -0.15) is 17.5 Å². The number of nitrogens with zero attached hydrogens (tertiary/aromatic N) is 3. The molecule has 2 amide bonds. The predicted octanol–water partition coefficient (Wildman–Crippen LogP) is 2.79. The van der Waals surface area contributed by atoms with Crippen LogP contribution in [0, 0.1) is 6.92 Å². The molecule has 0 atom stereocenters. The lowest BCUT2D eigenvalue weighted by Crippen LogP contribution is -2.50. The zero-order valence-electron chi connectivity index (χ0n) is 21.9. The number of likely N-dealkylation sites (N-methyl/N-ethyl adjacent to an activating group) is 1. The summed E-state index contributed by atoms with van der Waals surface area (Å²) in [4.78, 5) is 31.0. The third-order valence-corrected chi connectivity index (χ3v) is 8.64. The van der Waals surface area contributed by atoms with Crippen molar-refractivity contribution >= 4 is 33.7 Å². The van der Waals surface area contributed by atoms with Crippen molar-refractivity contribution in [1.82, 2.24) is 14.5 Å². The van der Waals surface area contributed by atoms with Crippen LogP contribution in [0.25, 0.3) is 6.08 Å². The summed E-state index contributed by atoms with van der Waals surface area (Å²) in [5, 5.41) is 12.7. The van der Waals surface area contributed by atoms with Gasteiger partial charge < -0.3 is 15.3 Å². The lowest BCUT2D eigenvalue weighted by Gasteiger charge is -2.34. The molecule has 9 nitrogen and oxygen atoms in total. The highest BCUT2D eigenvalue weighted by molar-refractivity contribution is 7.92. The van der Waals surface area contributed by atoms with Gasteiger partial charge in [0.1, 0.15) is 11.4 Å². The number of amidine groups is 1. The molecular weight excluding hydrogens is 549 g/mol. The van der Waals surface area contributed by atoms with E-state index >= 15 is 0 Å². The number of carbonyl (C=O) groups excluding carboxylic acids is 2. The topological polar surface area (TPSA) is 119 Å². The lowest BCUT2D eigenvalue weighted by atomic mass is 9.89. The van der Waals surface area contributed by atoms with Crippen LogP contribution in [0.2, 0.25) is 0 Å². The number of aliphatic hydroxyl groups is 1. The molecule has 1 saturated heterocycles. The molecule has 4 rings (SSSR count). The summed E-state index contributed by atoms with van der Waals surface area (Å²) in [5.74, 6) is -0.702. The fourth-order valence-corrected chi connectivity index (χ4v) is 5.84. The Morgan fingerprint density at radius 3 is 2.52 bits per heavy atom. The second-order valence-electron chi connectivity index (χ2n) is 9.79. The van der Waals surface area contributed by atoms with E-state index in [0.717, 1.165) is 17.5 Å². The van der Waals surface area contributed by atoms with Gasteiger partial charge in [-0.15, -0.1) is 0 Å². The van der Waals surface area contributed by atoms with Gasteiger partial charge >= 0.3 is 6.18 Å². The third-order valence-electron chi connectivity index (χ3n) is 7.07. The largest absolute Gasteiger partial charge is 0.416 e. The highest BCUT2D eigenvalue weighted by atomic mass is 32.2. The van der Waals surface area contributed by atoms with E-state index in [0.29, 0.717) is 16.7 Å². The second-order valence-corrected chi connectivity index (χ2v) is 11.6. The smallest absolute Gasteiger partial charge is 0.395 e. The Hall–Kier alpha value is -3.55. The van der Waals surface area contributed by atoms with E-state index in [-0.39, 0.29) is 56.4 Å². The summed E-state index contributed by atoms with van der Waals surface area (Å²) in [6.07, 6.45) is -2.96. The van der Waals surface area contributed by atoms with Gasteiger partial charge in [-0.1, -0.05) is 18.2 Å². The summed E-state index contributed by atoms with van der Waals surface area (Å²) < 4.78 is 66.6. The number of amides is 2. The molecule has 0 bridgehead atoms. The van der Waals surface area contributed by atoms with Gasteiger partial charge in [0, 0.05) is 43.2 Å². The van der Waals surface area contributed by atoms with Gasteiger partial charge in [0.2, 0.25) is 10.0 Å². The normalized spacial score (nSPS) is 17.8. The zero-order valence-corrected chi connectivity index (χ0v) is 22.7. The number of carbonyl (C=O) groups is 2. The Morgan fingerprint density at radius 2 is 1.90 bits per heavy atom.